The van der Waals surface area contributed by atoms with E-state index in [2.05, 4.69) is 17.0 Å². The molecule has 27 heavy (non-hydrogen) atoms. The zero-order chi connectivity index (χ0) is 19.2. The third-order valence-corrected chi connectivity index (χ3v) is 5.07. The molecule has 1 saturated heterocycles. The molecule has 2 aromatic rings. The molecule has 0 saturated carbocycles. The first-order valence-electron chi connectivity index (χ1n) is 9.31. The van der Waals surface area contributed by atoms with Gasteiger partial charge in [0.25, 0.3) is 0 Å². The summed E-state index contributed by atoms with van der Waals surface area (Å²) < 4.78 is 16.3. The van der Waals surface area contributed by atoms with Gasteiger partial charge in [-0.05, 0) is 24.1 Å². The molecule has 2 atom stereocenters. The Hall–Kier alpha value is -2.53. The van der Waals surface area contributed by atoms with Crippen LogP contribution in [-0.2, 0) is 16.1 Å². The van der Waals surface area contributed by atoms with E-state index in [9.17, 15) is 4.79 Å². The molecule has 0 N–H and O–H groups in total. The maximum Gasteiger partial charge on any atom is 0.310 e. The molecule has 0 aromatic heterocycles. The number of esters is 1. The number of carbonyl (C=O) groups excluding carboxylic acids is 1. The Bertz CT molecular complexity index is 762. The fourth-order valence-electron chi connectivity index (χ4n) is 3.78. The highest BCUT2D eigenvalue weighted by molar-refractivity contribution is 5.75. The Kier molecular flexibility index (Phi) is 6.35. The van der Waals surface area contributed by atoms with Crippen LogP contribution >= 0.6 is 0 Å². The van der Waals surface area contributed by atoms with Gasteiger partial charge in [0.2, 0.25) is 0 Å². The van der Waals surface area contributed by atoms with Crippen molar-refractivity contribution in [1.82, 2.24) is 4.90 Å². The first kappa shape index (κ1) is 19.2. The minimum absolute atomic E-state index is 0.0219. The standard InChI is InChI=1S/C22H27NO4/c1-4-27-22(24)20-15-23(13-16-8-6-5-7-9-16)14-19(20)18-11-10-17(25-2)12-21(18)26-3/h5-12,19-20H,4,13-15H2,1-3H3/t19-,20+/m1/s1. The van der Waals surface area contributed by atoms with E-state index in [1.807, 2.05) is 43.3 Å². The second-order valence-corrected chi connectivity index (χ2v) is 6.75. The fraction of sp³-hybridized carbons (Fsp3) is 0.409. The number of ether oxygens (including phenoxy) is 3. The quantitative estimate of drug-likeness (QED) is 0.700. The molecular formula is C22H27NO4. The van der Waals surface area contributed by atoms with Gasteiger partial charge in [-0.25, -0.2) is 0 Å². The lowest BCUT2D eigenvalue weighted by Crippen LogP contribution is -2.25. The van der Waals surface area contributed by atoms with E-state index in [1.165, 1.54) is 5.56 Å². The van der Waals surface area contributed by atoms with Crippen LogP contribution in [0.2, 0.25) is 0 Å². The molecule has 1 heterocycles. The lowest BCUT2D eigenvalue weighted by Gasteiger charge is -2.20. The molecule has 1 aliphatic heterocycles. The summed E-state index contributed by atoms with van der Waals surface area (Å²) in [6.45, 7) is 4.50. The Morgan fingerprint density at radius 1 is 1.07 bits per heavy atom. The topological polar surface area (TPSA) is 48.0 Å². The first-order chi connectivity index (χ1) is 13.2. The largest absolute Gasteiger partial charge is 0.497 e. The molecule has 0 unspecified atom stereocenters. The van der Waals surface area contributed by atoms with E-state index < -0.39 is 0 Å². The van der Waals surface area contributed by atoms with Crippen molar-refractivity contribution in [2.24, 2.45) is 5.92 Å². The SMILES string of the molecule is CCOC(=O)[C@H]1CN(Cc2ccccc2)C[C@@H]1c1ccc(OC)cc1OC. The summed E-state index contributed by atoms with van der Waals surface area (Å²) in [5.74, 6) is 1.15. The number of methoxy groups -OCH3 is 2. The van der Waals surface area contributed by atoms with Crippen molar-refractivity contribution in [2.75, 3.05) is 33.9 Å². The van der Waals surface area contributed by atoms with Gasteiger partial charge < -0.3 is 14.2 Å². The molecule has 5 heteroatoms. The lowest BCUT2D eigenvalue weighted by atomic mass is 9.88. The monoisotopic (exact) mass is 369 g/mol. The van der Waals surface area contributed by atoms with Crippen LogP contribution in [0.4, 0.5) is 0 Å². The van der Waals surface area contributed by atoms with Gasteiger partial charge in [-0.15, -0.1) is 0 Å². The molecule has 1 fully saturated rings. The summed E-state index contributed by atoms with van der Waals surface area (Å²) in [4.78, 5) is 14.9. The number of hydrogen-bond donors (Lipinski definition) is 0. The van der Waals surface area contributed by atoms with Gasteiger partial charge in [-0.1, -0.05) is 36.4 Å². The van der Waals surface area contributed by atoms with Gasteiger partial charge in [-0.3, -0.25) is 9.69 Å². The van der Waals surface area contributed by atoms with Crippen LogP contribution < -0.4 is 9.47 Å². The van der Waals surface area contributed by atoms with Crippen molar-refractivity contribution in [1.29, 1.82) is 0 Å². The van der Waals surface area contributed by atoms with Gasteiger partial charge in [-0.2, -0.15) is 0 Å². The molecule has 144 valence electrons. The molecule has 0 spiro atoms. The summed E-state index contributed by atoms with van der Waals surface area (Å²) in [5, 5.41) is 0. The van der Waals surface area contributed by atoms with E-state index in [0.29, 0.717) is 13.2 Å². The van der Waals surface area contributed by atoms with Crippen molar-refractivity contribution in [3.8, 4) is 11.5 Å². The average molecular weight is 369 g/mol. The van der Waals surface area contributed by atoms with Crippen LogP contribution in [0.15, 0.2) is 48.5 Å². The highest BCUT2D eigenvalue weighted by atomic mass is 16.5. The second-order valence-electron chi connectivity index (χ2n) is 6.75. The number of benzene rings is 2. The number of nitrogens with zero attached hydrogens (tertiary/aromatic N) is 1. The van der Waals surface area contributed by atoms with Crippen molar-refractivity contribution < 1.29 is 19.0 Å². The first-order valence-corrected chi connectivity index (χ1v) is 9.31. The summed E-state index contributed by atoms with van der Waals surface area (Å²) in [6.07, 6.45) is 0. The van der Waals surface area contributed by atoms with E-state index in [0.717, 1.165) is 30.2 Å². The average Bonchev–Trinajstić information content (AvgIpc) is 3.12. The van der Waals surface area contributed by atoms with Crippen LogP contribution in [0.25, 0.3) is 0 Å². The normalized spacial score (nSPS) is 19.7. The smallest absolute Gasteiger partial charge is 0.310 e. The van der Waals surface area contributed by atoms with Gasteiger partial charge in [0, 0.05) is 31.6 Å². The molecule has 0 aliphatic carbocycles. The third kappa shape index (κ3) is 4.42. The number of carbonyl (C=O) groups is 1. The van der Waals surface area contributed by atoms with E-state index >= 15 is 0 Å². The third-order valence-electron chi connectivity index (χ3n) is 5.07. The zero-order valence-corrected chi connectivity index (χ0v) is 16.2. The van der Waals surface area contributed by atoms with Gasteiger partial charge >= 0.3 is 5.97 Å². The van der Waals surface area contributed by atoms with Crippen LogP contribution in [0.3, 0.4) is 0 Å². The molecule has 0 bridgehead atoms. The zero-order valence-electron chi connectivity index (χ0n) is 16.2. The van der Waals surface area contributed by atoms with Crippen LogP contribution in [0.1, 0.15) is 24.0 Å². The maximum absolute atomic E-state index is 12.6. The summed E-state index contributed by atoms with van der Waals surface area (Å²) in [5.41, 5.74) is 2.26. The van der Waals surface area contributed by atoms with E-state index in [4.69, 9.17) is 14.2 Å². The minimum Gasteiger partial charge on any atom is -0.497 e. The summed E-state index contributed by atoms with van der Waals surface area (Å²) >= 11 is 0. The van der Waals surface area contributed by atoms with Crippen molar-refractivity contribution in [2.45, 2.75) is 19.4 Å². The fourth-order valence-corrected chi connectivity index (χ4v) is 3.78. The van der Waals surface area contributed by atoms with E-state index in [1.54, 1.807) is 14.2 Å². The minimum atomic E-state index is -0.212. The predicted molar refractivity (Wildman–Crippen MR) is 104 cm³/mol. The van der Waals surface area contributed by atoms with Crippen molar-refractivity contribution in [3.63, 3.8) is 0 Å². The Balaban J connectivity index is 1.87. The van der Waals surface area contributed by atoms with Gasteiger partial charge in [0.05, 0.1) is 26.7 Å². The van der Waals surface area contributed by atoms with Crippen molar-refractivity contribution >= 4 is 5.97 Å². The second kappa shape index (κ2) is 8.91. The molecular weight excluding hydrogens is 342 g/mol. The highest BCUT2D eigenvalue weighted by Gasteiger charge is 2.40. The number of likely N-dealkylation sites (tertiary alicyclic amines) is 1. The van der Waals surface area contributed by atoms with Crippen molar-refractivity contribution in [3.05, 3.63) is 59.7 Å². The Morgan fingerprint density at radius 3 is 2.52 bits per heavy atom. The number of hydrogen-bond acceptors (Lipinski definition) is 5. The Labute approximate surface area is 160 Å². The molecule has 0 radical (unpaired) electrons. The Morgan fingerprint density at radius 2 is 1.85 bits per heavy atom. The lowest BCUT2D eigenvalue weighted by molar-refractivity contribution is -0.148. The van der Waals surface area contributed by atoms with Crippen LogP contribution in [0, 0.1) is 5.92 Å². The molecule has 1 aliphatic rings. The molecule has 5 nitrogen and oxygen atoms in total. The number of rotatable bonds is 7. The molecule has 3 rings (SSSR count). The van der Waals surface area contributed by atoms with Crippen LogP contribution in [0.5, 0.6) is 11.5 Å². The summed E-state index contributed by atoms with van der Waals surface area (Å²) in [6, 6.07) is 16.1. The molecule has 0 amide bonds. The van der Waals surface area contributed by atoms with E-state index in [-0.39, 0.29) is 17.8 Å². The molecule has 2 aromatic carbocycles. The van der Waals surface area contributed by atoms with Crippen LogP contribution in [-0.4, -0.2) is 44.8 Å². The highest BCUT2D eigenvalue weighted by Crippen LogP contribution is 2.40. The maximum atomic E-state index is 12.6. The van der Waals surface area contributed by atoms with Gasteiger partial charge in [0.15, 0.2) is 0 Å². The summed E-state index contributed by atoms with van der Waals surface area (Å²) in [7, 11) is 3.28. The van der Waals surface area contributed by atoms with Gasteiger partial charge in [0.1, 0.15) is 11.5 Å². The predicted octanol–water partition coefficient (Wildman–Crippen LogP) is 3.48.